The summed E-state index contributed by atoms with van der Waals surface area (Å²) in [5, 5.41) is 13.1. The lowest BCUT2D eigenvalue weighted by atomic mass is 9.98. The Kier molecular flexibility index (Phi) is 5.62. The number of hydrogen-bond donors (Lipinski definition) is 2. The highest BCUT2D eigenvalue weighted by Gasteiger charge is 2.44. The Morgan fingerprint density at radius 2 is 2.25 bits per heavy atom. The van der Waals surface area contributed by atoms with Crippen LogP contribution in [0.4, 0.5) is 0 Å². The van der Waals surface area contributed by atoms with Gasteiger partial charge in [-0.25, -0.2) is 0 Å². The van der Waals surface area contributed by atoms with Gasteiger partial charge in [-0.05, 0) is 44.4 Å². The zero-order valence-electron chi connectivity index (χ0n) is 10.3. The molecular weight excluding hydrogens is 222 g/mol. The molecule has 0 aromatic carbocycles. The summed E-state index contributed by atoms with van der Waals surface area (Å²) >= 11 is 1.93. The molecule has 0 aromatic heterocycles. The standard InChI is InChI=1S/C12H23NO2S/c1-3-7-13-12(11(14)15)6-5-10(9-12)16-8-4-2/h10,13H,3-9H2,1-2H3,(H,14,15). The summed E-state index contributed by atoms with van der Waals surface area (Å²) in [7, 11) is 0. The van der Waals surface area contributed by atoms with Crippen molar-refractivity contribution in [3.63, 3.8) is 0 Å². The zero-order chi connectivity index (χ0) is 12.0. The molecule has 0 aliphatic heterocycles. The van der Waals surface area contributed by atoms with Crippen molar-refractivity contribution in [2.45, 2.75) is 56.7 Å². The molecule has 1 fully saturated rings. The summed E-state index contributed by atoms with van der Waals surface area (Å²) in [6.07, 6.45) is 4.76. The predicted octanol–water partition coefficient (Wildman–Crippen LogP) is 2.51. The summed E-state index contributed by atoms with van der Waals surface area (Å²) in [5.74, 6) is 0.481. The maximum absolute atomic E-state index is 11.4. The Morgan fingerprint density at radius 3 is 2.81 bits per heavy atom. The van der Waals surface area contributed by atoms with Crippen LogP contribution in [-0.2, 0) is 4.79 Å². The Labute approximate surface area is 102 Å². The van der Waals surface area contributed by atoms with Gasteiger partial charge in [-0.3, -0.25) is 4.79 Å². The van der Waals surface area contributed by atoms with Gasteiger partial charge in [0.05, 0.1) is 0 Å². The number of carboxylic acids is 1. The van der Waals surface area contributed by atoms with Crippen molar-refractivity contribution >= 4 is 17.7 Å². The number of aliphatic carboxylic acids is 1. The third-order valence-electron chi connectivity index (χ3n) is 3.15. The molecule has 0 heterocycles. The van der Waals surface area contributed by atoms with Crippen molar-refractivity contribution in [3.05, 3.63) is 0 Å². The van der Waals surface area contributed by atoms with E-state index in [9.17, 15) is 9.90 Å². The molecule has 2 N–H and O–H groups in total. The van der Waals surface area contributed by atoms with Crippen LogP contribution in [0.1, 0.15) is 46.0 Å². The molecule has 16 heavy (non-hydrogen) atoms. The van der Waals surface area contributed by atoms with E-state index in [0.29, 0.717) is 5.25 Å². The molecule has 0 bridgehead atoms. The largest absolute Gasteiger partial charge is 0.480 e. The molecule has 0 spiro atoms. The number of nitrogens with one attached hydrogen (secondary N) is 1. The fourth-order valence-electron chi connectivity index (χ4n) is 2.22. The Bertz CT molecular complexity index is 235. The number of carbonyl (C=O) groups is 1. The molecule has 2 unspecified atom stereocenters. The van der Waals surface area contributed by atoms with Crippen molar-refractivity contribution < 1.29 is 9.90 Å². The van der Waals surface area contributed by atoms with Gasteiger partial charge in [0.25, 0.3) is 0 Å². The summed E-state index contributed by atoms with van der Waals surface area (Å²) in [5.41, 5.74) is -0.637. The smallest absolute Gasteiger partial charge is 0.323 e. The normalized spacial score (nSPS) is 29.5. The van der Waals surface area contributed by atoms with Gasteiger partial charge in [-0.15, -0.1) is 0 Å². The number of thioether (sulfide) groups is 1. The van der Waals surface area contributed by atoms with E-state index in [1.54, 1.807) is 0 Å². The number of carboxylic acid groups (broad SMARTS) is 1. The molecule has 94 valence electrons. The van der Waals surface area contributed by atoms with Gasteiger partial charge in [-0.2, -0.15) is 11.8 Å². The van der Waals surface area contributed by atoms with E-state index in [4.69, 9.17) is 0 Å². The van der Waals surface area contributed by atoms with E-state index >= 15 is 0 Å². The van der Waals surface area contributed by atoms with Crippen LogP contribution >= 0.6 is 11.8 Å². The van der Waals surface area contributed by atoms with Crippen LogP contribution in [-0.4, -0.2) is 34.2 Å². The minimum Gasteiger partial charge on any atom is -0.480 e. The SMILES string of the molecule is CCCNC1(C(=O)O)CCC(SCCC)C1. The highest BCUT2D eigenvalue weighted by Crippen LogP contribution is 2.37. The fourth-order valence-corrected chi connectivity index (χ4v) is 3.48. The molecule has 0 aromatic rings. The average molecular weight is 245 g/mol. The van der Waals surface area contributed by atoms with Crippen LogP contribution < -0.4 is 5.32 Å². The highest BCUT2D eigenvalue weighted by molar-refractivity contribution is 7.99. The molecular formula is C12H23NO2S. The van der Waals surface area contributed by atoms with Gasteiger partial charge in [0.15, 0.2) is 0 Å². The first kappa shape index (κ1) is 13.8. The van der Waals surface area contributed by atoms with Gasteiger partial charge < -0.3 is 10.4 Å². The average Bonchev–Trinajstić information content (AvgIpc) is 2.68. The minimum atomic E-state index is -0.666. The quantitative estimate of drug-likeness (QED) is 0.723. The first-order valence-corrected chi connectivity index (χ1v) is 7.29. The van der Waals surface area contributed by atoms with Crippen molar-refractivity contribution in [2.24, 2.45) is 0 Å². The second-order valence-electron chi connectivity index (χ2n) is 4.55. The van der Waals surface area contributed by atoms with Crippen molar-refractivity contribution in [1.29, 1.82) is 0 Å². The van der Waals surface area contributed by atoms with Crippen LogP contribution in [0.5, 0.6) is 0 Å². The van der Waals surface area contributed by atoms with Crippen molar-refractivity contribution in [3.8, 4) is 0 Å². The molecule has 1 saturated carbocycles. The molecule has 1 aliphatic carbocycles. The third-order valence-corrected chi connectivity index (χ3v) is 4.67. The molecule has 0 radical (unpaired) electrons. The van der Waals surface area contributed by atoms with Gasteiger partial charge in [0, 0.05) is 5.25 Å². The highest BCUT2D eigenvalue weighted by atomic mass is 32.2. The molecule has 2 atom stereocenters. The van der Waals surface area contributed by atoms with E-state index in [1.807, 2.05) is 11.8 Å². The van der Waals surface area contributed by atoms with E-state index < -0.39 is 11.5 Å². The molecule has 3 nitrogen and oxygen atoms in total. The summed E-state index contributed by atoms with van der Waals surface area (Å²) in [6, 6.07) is 0. The van der Waals surface area contributed by atoms with Gasteiger partial charge in [0.1, 0.15) is 5.54 Å². The number of rotatable bonds is 7. The van der Waals surface area contributed by atoms with Crippen molar-refractivity contribution in [1.82, 2.24) is 5.32 Å². The Hall–Kier alpha value is -0.220. The van der Waals surface area contributed by atoms with E-state index in [-0.39, 0.29) is 0 Å². The second kappa shape index (κ2) is 6.50. The summed E-state index contributed by atoms with van der Waals surface area (Å²) in [4.78, 5) is 11.4. The molecule has 4 heteroatoms. The van der Waals surface area contributed by atoms with Gasteiger partial charge in [-0.1, -0.05) is 13.8 Å². The first-order chi connectivity index (χ1) is 7.64. The summed E-state index contributed by atoms with van der Waals surface area (Å²) < 4.78 is 0. The van der Waals surface area contributed by atoms with Crippen LogP contribution in [0.15, 0.2) is 0 Å². The van der Waals surface area contributed by atoms with E-state index in [2.05, 4.69) is 19.2 Å². The molecule has 1 aliphatic rings. The first-order valence-electron chi connectivity index (χ1n) is 6.24. The lowest BCUT2D eigenvalue weighted by molar-refractivity contribution is -0.144. The van der Waals surface area contributed by atoms with Crippen molar-refractivity contribution in [2.75, 3.05) is 12.3 Å². The summed E-state index contributed by atoms with van der Waals surface area (Å²) in [6.45, 7) is 5.04. The van der Waals surface area contributed by atoms with Gasteiger partial charge in [0.2, 0.25) is 0 Å². The third kappa shape index (κ3) is 3.39. The molecule has 0 amide bonds. The van der Waals surface area contributed by atoms with Crippen LogP contribution in [0.2, 0.25) is 0 Å². The van der Waals surface area contributed by atoms with E-state index in [1.165, 1.54) is 6.42 Å². The monoisotopic (exact) mass is 245 g/mol. The number of hydrogen-bond acceptors (Lipinski definition) is 3. The minimum absolute atomic E-state index is 0.528. The van der Waals surface area contributed by atoms with Crippen LogP contribution in [0, 0.1) is 0 Å². The van der Waals surface area contributed by atoms with E-state index in [0.717, 1.165) is 38.0 Å². The molecule has 1 rings (SSSR count). The maximum Gasteiger partial charge on any atom is 0.323 e. The topological polar surface area (TPSA) is 49.3 Å². The Balaban J connectivity index is 2.51. The second-order valence-corrected chi connectivity index (χ2v) is 5.96. The zero-order valence-corrected chi connectivity index (χ0v) is 11.1. The predicted molar refractivity (Wildman–Crippen MR) is 69.0 cm³/mol. The maximum atomic E-state index is 11.4. The van der Waals surface area contributed by atoms with Gasteiger partial charge >= 0.3 is 5.97 Å². The lowest BCUT2D eigenvalue weighted by Gasteiger charge is -2.25. The van der Waals surface area contributed by atoms with Crippen LogP contribution in [0.3, 0.4) is 0 Å². The molecule has 0 saturated heterocycles. The lowest BCUT2D eigenvalue weighted by Crippen LogP contribution is -2.50. The Morgan fingerprint density at radius 1 is 1.50 bits per heavy atom. The van der Waals surface area contributed by atoms with Crippen LogP contribution in [0.25, 0.3) is 0 Å². The fraction of sp³-hybridized carbons (Fsp3) is 0.917.